The summed E-state index contributed by atoms with van der Waals surface area (Å²) in [6, 6.07) is 3.54. The Labute approximate surface area is 279 Å². The first kappa shape index (κ1) is 33.5. The molecule has 2 aromatic heterocycles. The fraction of sp³-hybridized carbons (Fsp3) is 0.485. The average Bonchev–Trinajstić information content (AvgIpc) is 3.36. The number of alkyl halides is 3. The van der Waals surface area contributed by atoms with Gasteiger partial charge in [0.1, 0.15) is 34.9 Å². The third-order valence-electron chi connectivity index (χ3n) is 9.23. The number of benzene rings is 1. The van der Waals surface area contributed by atoms with Gasteiger partial charge < -0.3 is 29.3 Å². The van der Waals surface area contributed by atoms with Gasteiger partial charge in [0.25, 0.3) is 0 Å². The molecule has 1 N–H and O–H groups in total. The maximum atomic E-state index is 13.9. The van der Waals surface area contributed by atoms with Gasteiger partial charge in [-0.25, -0.2) is 19.6 Å². The Morgan fingerprint density at radius 1 is 1.12 bits per heavy atom. The second-order valence-electron chi connectivity index (χ2n) is 12.4. The number of carbonyl (C=O) groups is 3. The molecule has 3 aliphatic rings. The average molecular weight is 688 g/mol. The molecule has 256 valence electrons. The smallest absolute Gasteiger partial charge is 0.443 e. The number of aromatic nitrogens is 2. The van der Waals surface area contributed by atoms with Crippen LogP contribution >= 0.6 is 11.3 Å². The predicted molar refractivity (Wildman–Crippen MR) is 171 cm³/mol. The third kappa shape index (κ3) is 6.27. The molecule has 0 spiro atoms. The summed E-state index contributed by atoms with van der Waals surface area (Å²) in [6.45, 7) is 2.30. The van der Waals surface area contributed by atoms with E-state index in [1.54, 1.807) is 31.0 Å². The van der Waals surface area contributed by atoms with Gasteiger partial charge >= 0.3 is 18.2 Å². The zero-order valence-electron chi connectivity index (χ0n) is 26.9. The number of nitrogens with one attached hydrogen (secondary N) is 1. The Morgan fingerprint density at radius 2 is 1.92 bits per heavy atom. The van der Waals surface area contributed by atoms with Gasteiger partial charge in [-0.05, 0) is 44.7 Å². The molecule has 4 heterocycles. The Morgan fingerprint density at radius 3 is 2.62 bits per heavy atom. The number of fused-ring (bicyclic) bond motifs is 3. The molecule has 15 heteroatoms. The first-order valence-electron chi connectivity index (χ1n) is 15.6. The van der Waals surface area contributed by atoms with Crippen LogP contribution in [0.25, 0.3) is 22.3 Å². The molecule has 2 fully saturated rings. The van der Waals surface area contributed by atoms with Gasteiger partial charge in [0.05, 0.1) is 32.0 Å². The minimum Gasteiger partial charge on any atom is -0.496 e. The van der Waals surface area contributed by atoms with Gasteiger partial charge in [-0.3, -0.25) is 4.79 Å². The molecule has 0 bridgehead atoms. The summed E-state index contributed by atoms with van der Waals surface area (Å²) in [5.74, 6) is -0.207. The van der Waals surface area contributed by atoms with E-state index in [0.29, 0.717) is 52.3 Å². The first-order chi connectivity index (χ1) is 22.9. The molecule has 0 radical (unpaired) electrons. The number of esters is 1. The van der Waals surface area contributed by atoms with Gasteiger partial charge in [0, 0.05) is 48.3 Å². The molecule has 3 amide bonds. The number of thiazole rings is 1. The minimum atomic E-state index is -4.61. The lowest BCUT2D eigenvalue weighted by Gasteiger charge is -2.29. The molecule has 1 aromatic carbocycles. The van der Waals surface area contributed by atoms with Gasteiger partial charge in [-0.15, -0.1) is 11.3 Å². The van der Waals surface area contributed by atoms with E-state index in [-0.39, 0.29) is 36.2 Å². The molecule has 48 heavy (non-hydrogen) atoms. The third-order valence-corrected chi connectivity index (χ3v) is 10.1. The van der Waals surface area contributed by atoms with Gasteiger partial charge in [0.15, 0.2) is 5.01 Å². The highest BCUT2D eigenvalue weighted by molar-refractivity contribution is 7.10. The number of urea groups is 1. The number of methoxy groups -OCH3 is 2. The van der Waals surface area contributed by atoms with Crippen LogP contribution in [0, 0.1) is 12.8 Å². The van der Waals surface area contributed by atoms with Crippen molar-refractivity contribution in [3.63, 3.8) is 0 Å². The first-order valence-corrected chi connectivity index (χ1v) is 16.5. The summed E-state index contributed by atoms with van der Waals surface area (Å²) in [5.41, 5.74) is 0.0664. The van der Waals surface area contributed by atoms with Crippen LogP contribution in [0.3, 0.4) is 0 Å². The SMILES string of the molecule is COC(=O)[C@@]12C[C@H]1/C=C\CCCCN(C)C(=O)[C@@H]1C[C@H](Oc3cc(-c4csc(C(F)(F)F)n4)nc4c(C)c(OC)ccc34)CN1C(=O)N2. The Kier molecular flexibility index (Phi) is 9.00. The molecule has 1 aliphatic carbocycles. The lowest BCUT2D eigenvalue weighted by atomic mass is 10.1. The summed E-state index contributed by atoms with van der Waals surface area (Å²) in [7, 11) is 4.48. The van der Waals surface area contributed by atoms with Crippen molar-refractivity contribution in [2.45, 2.75) is 62.9 Å². The van der Waals surface area contributed by atoms with Crippen molar-refractivity contribution in [3.8, 4) is 22.9 Å². The number of hydrogen-bond acceptors (Lipinski definition) is 9. The molecule has 3 aromatic rings. The van der Waals surface area contributed by atoms with Crippen molar-refractivity contribution in [2.75, 3.05) is 34.4 Å². The van der Waals surface area contributed by atoms with Crippen molar-refractivity contribution >= 4 is 40.1 Å². The van der Waals surface area contributed by atoms with Crippen LogP contribution < -0.4 is 14.8 Å². The number of aryl methyl sites for hydroxylation is 1. The minimum absolute atomic E-state index is 0.0110. The molecular weight excluding hydrogens is 651 g/mol. The number of ether oxygens (including phenoxy) is 3. The maximum absolute atomic E-state index is 13.9. The van der Waals surface area contributed by atoms with E-state index in [9.17, 15) is 27.6 Å². The van der Waals surface area contributed by atoms with Crippen LogP contribution in [0.15, 0.2) is 35.7 Å². The molecule has 0 unspecified atom stereocenters. The zero-order chi connectivity index (χ0) is 34.4. The number of hydrogen-bond donors (Lipinski definition) is 1. The van der Waals surface area contributed by atoms with Crippen LogP contribution in [0.5, 0.6) is 11.5 Å². The number of allylic oxidation sites excluding steroid dienone is 1. The van der Waals surface area contributed by atoms with Gasteiger partial charge in [0.2, 0.25) is 5.91 Å². The molecule has 2 aliphatic heterocycles. The molecule has 1 saturated heterocycles. The van der Waals surface area contributed by atoms with E-state index < -0.39 is 40.9 Å². The Bertz CT molecular complexity index is 1780. The quantitative estimate of drug-likeness (QED) is 0.281. The van der Waals surface area contributed by atoms with Gasteiger partial charge in [-0.2, -0.15) is 13.2 Å². The van der Waals surface area contributed by atoms with E-state index in [1.165, 1.54) is 30.6 Å². The van der Waals surface area contributed by atoms with Crippen LogP contribution in [0.2, 0.25) is 0 Å². The summed E-state index contributed by atoms with van der Waals surface area (Å²) in [5, 5.41) is 3.73. The molecular formula is C33H36F3N5O6S. The maximum Gasteiger partial charge on any atom is 0.443 e. The van der Waals surface area contributed by atoms with E-state index in [4.69, 9.17) is 14.2 Å². The number of carbonyl (C=O) groups excluding carboxylic acids is 3. The number of pyridine rings is 1. The number of halogens is 3. The highest BCUT2D eigenvalue weighted by Crippen LogP contribution is 2.46. The number of likely N-dealkylation sites (N-methyl/N-ethyl adjacent to an activating group) is 1. The van der Waals surface area contributed by atoms with Crippen molar-refractivity contribution in [1.82, 2.24) is 25.1 Å². The molecule has 4 atom stereocenters. The summed E-state index contributed by atoms with van der Waals surface area (Å²) in [6.07, 6.45) is 1.57. The van der Waals surface area contributed by atoms with E-state index >= 15 is 0 Å². The van der Waals surface area contributed by atoms with Crippen LogP contribution in [-0.4, -0.2) is 89.7 Å². The van der Waals surface area contributed by atoms with Crippen molar-refractivity contribution in [3.05, 3.63) is 46.3 Å². The number of nitrogens with zero attached hydrogens (tertiary/aromatic N) is 4. The number of rotatable bonds is 5. The second-order valence-corrected chi connectivity index (χ2v) is 13.2. The van der Waals surface area contributed by atoms with E-state index in [2.05, 4.69) is 15.3 Å². The fourth-order valence-electron chi connectivity index (χ4n) is 6.50. The molecule has 1 saturated carbocycles. The highest BCUT2D eigenvalue weighted by atomic mass is 32.1. The van der Waals surface area contributed by atoms with Crippen molar-refractivity contribution < 1.29 is 41.8 Å². The van der Waals surface area contributed by atoms with Crippen molar-refractivity contribution in [2.24, 2.45) is 5.92 Å². The Balaban J connectivity index is 1.35. The largest absolute Gasteiger partial charge is 0.496 e. The topological polar surface area (TPSA) is 123 Å². The summed E-state index contributed by atoms with van der Waals surface area (Å²) < 4.78 is 57.3. The van der Waals surface area contributed by atoms with E-state index in [0.717, 1.165) is 19.3 Å². The van der Waals surface area contributed by atoms with Crippen LogP contribution in [0.4, 0.5) is 18.0 Å². The summed E-state index contributed by atoms with van der Waals surface area (Å²) >= 11 is 0.469. The second kappa shape index (κ2) is 12.9. The monoisotopic (exact) mass is 687 g/mol. The molecule has 6 rings (SSSR count). The standard InChI is InChI=1S/C33H36F3N5O6S/c1-18-25(45-3)11-10-21-26(14-22(37-27(18)21)23-17-48-29(38-23)33(34,35)36)47-20-13-24-28(42)40(2)12-8-6-5-7-9-19-15-32(19,30(43)46-4)39-31(44)41(24)16-20/h7,9-11,14,17,19-20,24H,5-6,8,12-13,15-16H2,1-4H3,(H,39,44)/b9-7-/t19-,20+,24+,32-/m1/s1. The highest BCUT2D eigenvalue weighted by Gasteiger charge is 2.62. The Hall–Kier alpha value is -4.40. The molecule has 11 nitrogen and oxygen atoms in total. The van der Waals surface area contributed by atoms with Crippen LogP contribution in [-0.2, 0) is 20.5 Å². The van der Waals surface area contributed by atoms with Gasteiger partial charge in [-0.1, -0.05) is 12.2 Å². The lowest BCUT2D eigenvalue weighted by molar-refractivity contribution is -0.144. The lowest BCUT2D eigenvalue weighted by Crippen LogP contribution is -2.55. The predicted octanol–water partition coefficient (Wildman–Crippen LogP) is 5.36. The normalized spacial score (nSPS) is 25.5. The van der Waals surface area contributed by atoms with E-state index in [1.807, 2.05) is 12.2 Å². The van der Waals surface area contributed by atoms with Crippen LogP contribution in [0.1, 0.15) is 42.7 Å². The summed E-state index contributed by atoms with van der Waals surface area (Å²) in [4.78, 5) is 51.9. The zero-order valence-corrected chi connectivity index (χ0v) is 27.7. The van der Waals surface area contributed by atoms with Crippen molar-refractivity contribution in [1.29, 1.82) is 0 Å². The fourth-order valence-corrected chi connectivity index (χ4v) is 7.18. The number of amides is 3.